The molecule has 0 rings (SSSR count). The van der Waals surface area contributed by atoms with Crippen LogP contribution in [0.4, 0.5) is 0 Å². The molecule has 0 aliphatic carbocycles. The van der Waals surface area contributed by atoms with Crippen molar-refractivity contribution in [1.82, 2.24) is 5.32 Å². The standard InChI is InChI=1S/C8H22N3O/c1-11(2,3)8(9)4-5-10-6-7-12/h8,10,12H,4-7,9H2,1-3H3/q+1. The van der Waals surface area contributed by atoms with E-state index in [1.165, 1.54) is 0 Å². The monoisotopic (exact) mass is 176 g/mol. The molecule has 0 fully saturated rings. The van der Waals surface area contributed by atoms with Crippen LogP contribution in [0, 0.1) is 0 Å². The van der Waals surface area contributed by atoms with E-state index >= 15 is 0 Å². The van der Waals surface area contributed by atoms with Crippen LogP contribution < -0.4 is 11.1 Å². The van der Waals surface area contributed by atoms with E-state index in [1.807, 2.05) is 0 Å². The van der Waals surface area contributed by atoms with Crippen LogP contribution in [0.3, 0.4) is 0 Å². The number of nitrogens with zero attached hydrogens (tertiary/aromatic N) is 1. The molecule has 0 aromatic rings. The van der Waals surface area contributed by atoms with Crippen molar-refractivity contribution >= 4 is 0 Å². The van der Waals surface area contributed by atoms with Crippen molar-refractivity contribution in [1.29, 1.82) is 0 Å². The summed E-state index contributed by atoms with van der Waals surface area (Å²) < 4.78 is 0.779. The molecular weight excluding hydrogens is 154 g/mol. The molecule has 0 saturated carbocycles. The first-order chi connectivity index (χ1) is 5.48. The average Bonchev–Trinajstić information content (AvgIpc) is 1.96. The van der Waals surface area contributed by atoms with Crippen LogP contribution in [0.15, 0.2) is 0 Å². The summed E-state index contributed by atoms with van der Waals surface area (Å²) in [7, 11) is 6.24. The van der Waals surface area contributed by atoms with Gasteiger partial charge in [0.05, 0.1) is 27.7 Å². The predicted octanol–water partition coefficient (Wildman–Crippen LogP) is -1.05. The largest absolute Gasteiger partial charge is 0.395 e. The SMILES string of the molecule is C[N+](C)(C)C(N)CCNCCO. The minimum atomic E-state index is 0.163. The van der Waals surface area contributed by atoms with Crippen LogP contribution >= 0.6 is 0 Å². The molecular formula is C8H22N3O+. The number of aliphatic hydroxyl groups excluding tert-OH is 1. The zero-order chi connectivity index (χ0) is 9.61. The van der Waals surface area contributed by atoms with E-state index in [-0.39, 0.29) is 12.8 Å². The van der Waals surface area contributed by atoms with Crippen LogP contribution in [0.25, 0.3) is 0 Å². The molecule has 0 bridgehead atoms. The van der Waals surface area contributed by atoms with Gasteiger partial charge in [-0.2, -0.15) is 0 Å². The second-order valence-corrected chi connectivity index (χ2v) is 3.95. The number of nitrogens with two attached hydrogens (primary N) is 1. The second-order valence-electron chi connectivity index (χ2n) is 3.95. The third-order valence-corrected chi connectivity index (χ3v) is 1.90. The maximum Gasteiger partial charge on any atom is 0.140 e. The van der Waals surface area contributed by atoms with E-state index in [2.05, 4.69) is 26.5 Å². The van der Waals surface area contributed by atoms with E-state index in [0.717, 1.165) is 17.4 Å². The van der Waals surface area contributed by atoms with Crippen molar-refractivity contribution in [2.75, 3.05) is 40.8 Å². The number of hydrogen-bond acceptors (Lipinski definition) is 3. The van der Waals surface area contributed by atoms with E-state index < -0.39 is 0 Å². The Morgan fingerprint density at radius 3 is 2.33 bits per heavy atom. The molecule has 74 valence electrons. The van der Waals surface area contributed by atoms with Gasteiger partial charge in [-0.1, -0.05) is 0 Å². The van der Waals surface area contributed by atoms with Gasteiger partial charge < -0.3 is 14.9 Å². The highest BCUT2D eigenvalue weighted by Gasteiger charge is 2.17. The summed E-state index contributed by atoms with van der Waals surface area (Å²) in [5.74, 6) is 0. The zero-order valence-electron chi connectivity index (χ0n) is 8.38. The lowest BCUT2D eigenvalue weighted by Crippen LogP contribution is -2.51. The van der Waals surface area contributed by atoms with Gasteiger partial charge in [0.2, 0.25) is 0 Å². The number of rotatable bonds is 6. The maximum atomic E-state index is 8.49. The van der Waals surface area contributed by atoms with Crippen LogP contribution in [0.2, 0.25) is 0 Å². The fraction of sp³-hybridized carbons (Fsp3) is 1.00. The Hall–Kier alpha value is -0.160. The van der Waals surface area contributed by atoms with E-state index in [0.29, 0.717) is 6.54 Å². The van der Waals surface area contributed by atoms with Gasteiger partial charge in [-0.15, -0.1) is 0 Å². The summed E-state index contributed by atoms with van der Waals surface area (Å²) in [5.41, 5.74) is 5.90. The molecule has 0 heterocycles. The van der Waals surface area contributed by atoms with Crippen molar-refractivity contribution in [3.63, 3.8) is 0 Å². The number of hydrogen-bond donors (Lipinski definition) is 3. The summed E-state index contributed by atoms with van der Waals surface area (Å²) in [5, 5.41) is 11.6. The Labute approximate surface area is 74.9 Å². The summed E-state index contributed by atoms with van der Waals surface area (Å²) in [6, 6.07) is 0. The van der Waals surface area contributed by atoms with Crippen molar-refractivity contribution in [2.45, 2.75) is 12.6 Å². The molecule has 0 aromatic heterocycles. The smallest absolute Gasteiger partial charge is 0.140 e. The molecule has 0 amide bonds. The van der Waals surface area contributed by atoms with Crippen molar-refractivity contribution in [3.05, 3.63) is 0 Å². The first-order valence-corrected chi connectivity index (χ1v) is 4.36. The van der Waals surface area contributed by atoms with Gasteiger partial charge in [0.1, 0.15) is 6.17 Å². The Kier molecular flexibility index (Phi) is 5.41. The summed E-state index contributed by atoms with van der Waals surface area (Å²) >= 11 is 0. The number of nitrogens with one attached hydrogen (secondary N) is 1. The predicted molar refractivity (Wildman–Crippen MR) is 50.6 cm³/mol. The quantitative estimate of drug-likeness (QED) is 0.275. The molecule has 0 aliphatic rings. The minimum absolute atomic E-state index is 0.163. The first-order valence-electron chi connectivity index (χ1n) is 4.36. The van der Waals surface area contributed by atoms with Gasteiger partial charge in [0.25, 0.3) is 0 Å². The number of quaternary nitrogens is 1. The van der Waals surface area contributed by atoms with E-state index in [1.54, 1.807) is 0 Å². The molecule has 1 unspecified atom stereocenters. The maximum absolute atomic E-state index is 8.49. The average molecular weight is 176 g/mol. The summed E-state index contributed by atoms with van der Waals surface area (Å²) in [6.07, 6.45) is 1.10. The third kappa shape index (κ3) is 5.49. The fourth-order valence-electron chi connectivity index (χ4n) is 0.841. The molecule has 12 heavy (non-hydrogen) atoms. The van der Waals surface area contributed by atoms with Crippen LogP contribution in [-0.2, 0) is 0 Å². The van der Waals surface area contributed by atoms with Crippen molar-refractivity contribution in [3.8, 4) is 0 Å². The number of aliphatic hydroxyl groups is 1. The van der Waals surface area contributed by atoms with Crippen molar-refractivity contribution in [2.24, 2.45) is 5.73 Å². The first kappa shape index (κ1) is 11.8. The van der Waals surface area contributed by atoms with Gasteiger partial charge in [0.15, 0.2) is 0 Å². The van der Waals surface area contributed by atoms with Crippen LogP contribution in [-0.4, -0.2) is 56.6 Å². The van der Waals surface area contributed by atoms with Gasteiger partial charge in [-0.3, -0.25) is 5.73 Å². The third-order valence-electron chi connectivity index (χ3n) is 1.90. The molecule has 0 saturated heterocycles. The van der Waals surface area contributed by atoms with E-state index in [4.69, 9.17) is 10.8 Å². The molecule has 0 spiro atoms. The van der Waals surface area contributed by atoms with Crippen LogP contribution in [0.5, 0.6) is 0 Å². The normalized spacial score (nSPS) is 14.8. The molecule has 4 heteroatoms. The van der Waals surface area contributed by atoms with Crippen molar-refractivity contribution < 1.29 is 9.59 Å². The van der Waals surface area contributed by atoms with Gasteiger partial charge >= 0.3 is 0 Å². The zero-order valence-corrected chi connectivity index (χ0v) is 8.38. The molecule has 0 aliphatic heterocycles. The molecule has 0 aromatic carbocycles. The Morgan fingerprint density at radius 2 is 1.92 bits per heavy atom. The second kappa shape index (κ2) is 5.48. The molecule has 1 atom stereocenters. The van der Waals surface area contributed by atoms with E-state index in [9.17, 15) is 0 Å². The highest BCUT2D eigenvalue weighted by atomic mass is 16.3. The minimum Gasteiger partial charge on any atom is -0.395 e. The fourth-order valence-corrected chi connectivity index (χ4v) is 0.841. The Morgan fingerprint density at radius 1 is 1.33 bits per heavy atom. The summed E-state index contributed by atoms with van der Waals surface area (Å²) in [4.78, 5) is 0. The molecule has 4 nitrogen and oxygen atoms in total. The lowest BCUT2D eigenvalue weighted by Gasteiger charge is -2.31. The highest BCUT2D eigenvalue weighted by Crippen LogP contribution is 1.99. The lowest BCUT2D eigenvalue weighted by molar-refractivity contribution is -0.896. The Bertz CT molecular complexity index is 111. The molecule has 4 N–H and O–H groups in total. The van der Waals surface area contributed by atoms with Gasteiger partial charge in [-0.25, -0.2) is 0 Å². The highest BCUT2D eigenvalue weighted by molar-refractivity contribution is 4.52. The van der Waals surface area contributed by atoms with Gasteiger partial charge in [0, 0.05) is 19.5 Å². The van der Waals surface area contributed by atoms with Gasteiger partial charge in [-0.05, 0) is 0 Å². The molecule has 0 radical (unpaired) electrons. The van der Waals surface area contributed by atoms with Crippen LogP contribution in [0.1, 0.15) is 6.42 Å². The Balaban J connectivity index is 3.38. The topological polar surface area (TPSA) is 58.3 Å². The summed E-state index contributed by atoms with van der Waals surface area (Å²) in [6.45, 7) is 1.72. The lowest BCUT2D eigenvalue weighted by atomic mass is 10.3.